The number of likely N-dealkylation sites (N-methyl/N-ethyl adjacent to an activating group) is 1. The fraction of sp³-hybridized carbons (Fsp3) is 0.227. The van der Waals surface area contributed by atoms with Gasteiger partial charge in [-0.05, 0) is 35.0 Å². The van der Waals surface area contributed by atoms with Crippen LogP contribution >= 0.6 is 0 Å². The molecule has 2 N–H and O–H groups in total. The topological polar surface area (TPSA) is 42.8 Å². The van der Waals surface area contributed by atoms with Crippen molar-refractivity contribution in [3.05, 3.63) is 77.6 Å². The summed E-state index contributed by atoms with van der Waals surface area (Å²) in [6.07, 6.45) is 0. The molecule has 0 spiro atoms. The zero-order valence-electron chi connectivity index (χ0n) is 15.6. The van der Waals surface area contributed by atoms with Gasteiger partial charge in [-0.15, -0.1) is 0 Å². The van der Waals surface area contributed by atoms with Gasteiger partial charge in [-0.25, -0.2) is 4.39 Å². The third-order valence-corrected chi connectivity index (χ3v) is 4.51. The summed E-state index contributed by atoms with van der Waals surface area (Å²) in [6, 6.07) is 18.7. The molecule has 0 aliphatic heterocycles. The summed E-state index contributed by atoms with van der Waals surface area (Å²) < 4.78 is 18.9. The van der Waals surface area contributed by atoms with Crippen molar-refractivity contribution in [2.45, 2.75) is 13.1 Å². The number of benzene rings is 3. The Morgan fingerprint density at radius 2 is 1.81 bits per heavy atom. The van der Waals surface area contributed by atoms with Gasteiger partial charge >= 0.3 is 0 Å². The van der Waals surface area contributed by atoms with Crippen LogP contribution in [-0.2, 0) is 17.9 Å². The Bertz CT molecular complexity index is 942. The van der Waals surface area contributed by atoms with Crippen molar-refractivity contribution < 1.29 is 18.8 Å². The van der Waals surface area contributed by atoms with Gasteiger partial charge < -0.3 is 15.0 Å². The quantitative estimate of drug-likeness (QED) is 0.673. The average molecular weight is 367 g/mol. The van der Waals surface area contributed by atoms with Gasteiger partial charge in [0.2, 0.25) is 0 Å². The molecular weight excluding hydrogens is 343 g/mol. The highest BCUT2D eigenvalue weighted by molar-refractivity contribution is 5.84. The first-order chi connectivity index (χ1) is 13.0. The van der Waals surface area contributed by atoms with Crippen LogP contribution in [0.1, 0.15) is 11.1 Å². The Balaban J connectivity index is 1.55. The Hall–Kier alpha value is -2.92. The number of rotatable bonds is 7. The molecule has 1 atom stereocenters. The number of hydrogen-bond donors (Lipinski definition) is 2. The fourth-order valence-electron chi connectivity index (χ4n) is 3.09. The summed E-state index contributed by atoms with van der Waals surface area (Å²) in [7, 11) is 3.63. The lowest BCUT2D eigenvalue weighted by Gasteiger charge is -2.14. The summed E-state index contributed by atoms with van der Waals surface area (Å²) in [6.45, 7) is 1.26. The first kappa shape index (κ1) is 18.9. The molecule has 0 heterocycles. The molecule has 0 radical (unpaired) electrons. The van der Waals surface area contributed by atoms with Gasteiger partial charge in [0.1, 0.15) is 18.1 Å². The summed E-state index contributed by atoms with van der Waals surface area (Å²) in [5.41, 5.74) is 1.65. The second kappa shape index (κ2) is 8.64. The Labute approximate surface area is 158 Å². The van der Waals surface area contributed by atoms with Crippen molar-refractivity contribution in [1.82, 2.24) is 5.32 Å². The summed E-state index contributed by atoms with van der Waals surface area (Å²) in [5, 5.41) is 5.05. The zero-order chi connectivity index (χ0) is 19.2. The van der Waals surface area contributed by atoms with Gasteiger partial charge in [-0.1, -0.05) is 36.4 Å². The van der Waals surface area contributed by atoms with E-state index in [2.05, 4.69) is 23.5 Å². The third kappa shape index (κ3) is 5.05. The normalized spacial score (nSPS) is 12.0. The number of fused-ring (bicyclic) bond motifs is 1. The number of halogens is 1. The fourth-order valence-corrected chi connectivity index (χ4v) is 3.09. The molecule has 1 amide bonds. The highest BCUT2D eigenvalue weighted by Crippen LogP contribution is 2.21. The highest BCUT2D eigenvalue weighted by atomic mass is 19.1. The first-order valence-electron chi connectivity index (χ1n) is 8.93. The van der Waals surface area contributed by atoms with Crippen molar-refractivity contribution in [2.75, 3.05) is 20.7 Å². The van der Waals surface area contributed by atoms with Gasteiger partial charge in [0.15, 0.2) is 6.54 Å². The standard InChI is InChI=1S/C22H23FN2O2/c1-25(15-22(26)24-13-19-5-3-4-6-21(19)23)14-16-7-8-18-12-20(27-2)10-9-17(18)11-16/h3-12H,13-15H2,1-2H3,(H,24,26)/p+1. The summed E-state index contributed by atoms with van der Waals surface area (Å²) in [4.78, 5) is 13.2. The largest absolute Gasteiger partial charge is 0.497 e. The summed E-state index contributed by atoms with van der Waals surface area (Å²) in [5.74, 6) is 0.442. The van der Waals surface area contributed by atoms with Gasteiger partial charge in [0.05, 0.1) is 14.2 Å². The molecule has 5 heteroatoms. The molecule has 0 aliphatic carbocycles. The van der Waals surface area contributed by atoms with E-state index in [1.165, 1.54) is 6.07 Å². The Kier molecular flexibility index (Phi) is 6.04. The second-order valence-corrected chi connectivity index (χ2v) is 6.73. The van der Waals surface area contributed by atoms with Crippen LogP contribution in [0.3, 0.4) is 0 Å². The maximum absolute atomic E-state index is 13.6. The van der Waals surface area contributed by atoms with Crippen molar-refractivity contribution in [3.8, 4) is 5.75 Å². The van der Waals surface area contributed by atoms with Crippen LogP contribution in [0.15, 0.2) is 60.7 Å². The molecule has 0 saturated heterocycles. The number of hydrogen-bond acceptors (Lipinski definition) is 2. The van der Waals surface area contributed by atoms with Crippen LogP contribution in [0, 0.1) is 5.82 Å². The van der Waals surface area contributed by atoms with Crippen molar-refractivity contribution in [1.29, 1.82) is 0 Å². The van der Waals surface area contributed by atoms with E-state index in [9.17, 15) is 9.18 Å². The van der Waals surface area contributed by atoms with E-state index < -0.39 is 0 Å². The zero-order valence-corrected chi connectivity index (χ0v) is 15.6. The van der Waals surface area contributed by atoms with E-state index in [1.807, 2.05) is 25.2 Å². The lowest BCUT2D eigenvalue weighted by Crippen LogP contribution is -3.08. The van der Waals surface area contributed by atoms with Crippen LogP contribution in [0.5, 0.6) is 5.75 Å². The smallest absolute Gasteiger partial charge is 0.275 e. The van der Waals surface area contributed by atoms with Crippen molar-refractivity contribution in [3.63, 3.8) is 0 Å². The van der Waals surface area contributed by atoms with Gasteiger partial charge in [0.25, 0.3) is 5.91 Å². The lowest BCUT2D eigenvalue weighted by atomic mass is 10.1. The van der Waals surface area contributed by atoms with Gasteiger partial charge in [-0.3, -0.25) is 4.79 Å². The number of quaternary nitrogens is 1. The number of carbonyl (C=O) groups is 1. The van der Waals surface area contributed by atoms with Crippen LogP contribution in [0.25, 0.3) is 10.8 Å². The first-order valence-corrected chi connectivity index (χ1v) is 8.93. The van der Waals surface area contributed by atoms with Crippen molar-refractivity contribution >= 4 is 16.7 Å². The molecule has 140 valence electrons. The molecule has 0 fully saturated rings. The van der Waals surface area contributed by atoms with Crippen molar-refractivity contribution in [2.24, 2.45) is 0 Å². The molecule has 0 saturated carbocycles. The minimum atomic E-state index is -0.300. The number of nitrogens with one attached hydrogen (secondary N) is 2. The predicted molar refractivity (Wildman–Crippen MR) is 104 cm³/mol. The molecule has 3 aromatic rings. The minimum absolute atomic E-state index is 0.0960. The minimum Gasteiger partial charge on any atom is -0.497 e. The maximum atomic E-state index is 13.6. The number of amides is 1. The predicted octanol–water partition coefficient (Wildman–Crippen LogP) is 2.32. The molecule has 4 nitrogen and oxygen atoms in total. The second-order valence-electron chi connectivity index (χ2n) is 6.73. The van der Waals surface area contributed by atoms with Crippen LogP contribution in [-0.4, -0.2) is 26.6 Å². The molecule has 27 heavy (non-hydrogen) atoms. The molecule has 3 aromatic carbocycles. The third-order valence-electron chi connectivity index (χ3n) is 4.51. The number of methoxy groups -OCH3 is 1. The lowest BCUT2D eigenvalue weighted by molar-refractivity contribution is -0.885. The molecule has 3 rings (SSSR count). The van der Waals surface area contributed by atoms with Crippen LogP contribution < -0.4 is 15.0 Å². The molecule has 1 unspecified atom stereocenters. The summed E-state index contributed by atoms with van der Waals surface area (Å²) >= 11 is 0. The van der Waals surface area contributed by atoms with Crippen LogP contribution in [0.4, 0.5) is 4.39 Å². The molecule has 0 bridgehead atoms. The monoisotopic (exact) mass is 367 g/mol. The number of ether oxygens (including phenoxy) is 1. The molecular formula is C22H24FN2O2+. The maximum Gasteiger partial charge on any atom is 0.275 e. The van der Waals surface area contributed by atoms with E-state index in [1.54, 1.807) is 25.3 Å². The van der Waals surface area contributed by atoms with Gasteiger partial charge in [0, 0.05) is 17.7 Å². The molecule has 0 aromatic heterocycles. The Morgan fingerprint density at radius 1 is 1.07 bits per heavy atom. The van der Waals surface area contributed by atoms with Crippen LogP contribution in [0.2, 0.25) is 0 Å². The van der Waals surface area contributed by atoms with E-state index in [-0.39, 0.29) is 18.3 Å². The van der Waals surface area contributed by atoms with Gasteiger partial charge in [-0.2, -0.15) is 0 Å². The van der Waals surface area contributed by atoms with E-state index in [0.29, 0.717) is 12.1 Å². The van der Waals surface area contributed by atoms with E-state index in [4.69, 9.17) is 4.74 Å². The Morgan fingerprint density at radius 3 is 2.59 bits per heavy atom. The van der Waals surface area contributed by atoms with E-state index >= 15 is 0 Å². The average Bonchev–Trinajstić information content (AvgIpc) is 2.66. The highest BCUT2D eigenvalue weighted by Gasteiger charge is 2.12. The number of carbonyl (C=O) groups excluding carboxylic acids is 1. The van der Waals surface area contributed by atoms with E-state index in [0.717, 1.165) is 33.5 Å². The molecule has 0 aliphatic rings. The SMILES string of the molecule is COc1ccc2cc(C[NH+](C)CC(=O)NCc3ccccc3F)ccc2c1.